The molecule has 0 atom stereocenters. The van der Waals surface area contributed by atoms with Crippen molar-refractivity contribution in [3.05, 3.63) is 33.8 Å². The first kappa shape index (κ1) is 10.7. The maximum Gasteiger partial charge on any atom is 0.0563 e. The normalized spacial score (nSPS) is 9.15. The predicted octanol–water partition coefficient (Wildman–Crippen LogP) is 3.97. The fourth-order valence-corrected chi connectivity index (χ4v) is 1.23. The quantitative estimate of drug-likeness (QED) is 0.508. The van der Waals surface area contributed by atoms with Gasteiger partial charge in [-0.15, -0.1) is 11.6 Å². The Morgan fingerprint density at radius 3 is 2.69 bits per heavy atom. The molecule has 1 aromatic carbocycles. The zero-order chi connectivity index (χ0) is 9.68. The first-order valence-electron chi connectivity index (χ1n) is 3.74. The van der Waals surface area contributed by atoms with E-state index < -0.39 is 0 Å². The Kier molecular flexibility index (Phi) is 4.45. The van der Waals surface area contributed by atoms with Gasteiger partial charge in [-0.25, -0.2) is 0 Å². The van der Waals surface area contributed by atoms with Crippen molar-refractivity contribution >= 4 is 34.8 Å². The van der Waals surface area contributed by atoms with E-state index in [4.69, 9.17) is 34.8 Å². The maximum atomic E-state index is 5.88. The van der Waals surface area contributed by atoms with Gasteiger partial charge in [0.1, 0.15) is 0 Å². The molecule has 0 aliphatic carbocycles. The molecule has 0 unspecified atom stereocenters. The van der Waals surface area contributed by atoms with Crippen molar-refractivity contribution in [2.75, 3.05) is 5.88 Å². The molecule has 0 aliphatic heterocycles. The summed E-state index contributed by atoms with van der Waals surface area (Å²) in [6.07, 6.45) is 0.657. The van der Waals surface area contributed by atoms with Crippen molar-refractivity contribution in [1.82, 2.24) is 0 Å². The molecule has 3 heteroatoms. The van der Waals surface area contributed by atoms with E-state index in [1.165, 1.54) is 0 Å². The van der Waals surface area contributed by atoms with E-state index in [9.17, 15) is 0 Å². The molecule has 0 saturated carbocycles. The van der Waals surface area contributed by atoms with E-state index in [0.29, 0.717) is 22.3 Å². The Bertz CT molecular complexity index is 347. The Morgan fingerprint density at radius 2 is 2.00 bits per heavy atom. The molecule has 13 heavy (non-hydrogen) atoms. The molecule has 0 spiro atoms. The minimum absolute atomic E-state index is 0.533. The first-order chi connectivity index (χ1) is 6.24. The molecule has 0 aliphatic rings. The van der Waals surface area contributed by atoms with Crippen molar-refractivity contribution < 1.29 is 0 Å². The SMILES string of the molecule is ClCCC#Cc1cc(Cl)ccc1Cl. The number of hydrogen-bond acceptors (Lipinski definition) is 0. The molecular weight excluding hydrogens is 226 g/mol. The lowest BCUT2D eigenvalue weighted by atomic mass is 10.2. The van der Waals surface area contributed by atoms with Gasteiger partial charge in [0.25, 0.3) is 0 Å². The topological polar surface area (TPSA) is 0 Å². The summed E-state index contributed by atoms with van der Waals surface area (Å²) >= 11 is 17.1. The zero-order valence-electron chi connectivity index (χ0n) is 6.78. The second kappa shape index (κ2) is 5.40. The largest absolute Gasteiger partial charge is 0.126 e. The van der Waals surface area contributed by atoms with Crippen molar-refractivity contribution in [2.24, 2.45) is 0 Å². The van der Waals surface area contributed by atoms with Crippen LogP contribution >= 0.6 is 34.8 Å². The minimum atomic E-state index is 0.533. The molecular formula is C10H7Cl3. The smallest absolute Gasteiger partial charge is 0.0563 e. The van der Waals surface area contributed by atoms with Crippen molar-refractivity contribution in [2.45, 2.75) is 6.42 Å². The average Bonchev–Trinajstić information content (AvgIpc) is 2.11. The Morgan fingerprint density at radius 1 is 1.23 bits per heavy atom. The number of benzene rings is 1. The van der Waals surface area contributed by atoms with E-state index in [2.05, 4.69) is 11.8 Å². The van der Waals surface area contributed by atoms with Crippen LogP contribution in [0.1, 0.15) is 12.0 Å². The van der Waals surface area contributed by atoms with Gasteiger partial charge in [-0.1, -0.05) is 35.0 Å². The van der Waals surface area contributed by atoms with Crippen LogP contribution in [0.3, 0.4) is 0 Å². The molecule has 0 saturated heterocycles. The second-order valence-electron chi connectivity index (χ2n) is 2.36. The van der Waals surface area contributed by atoms with Gasteiger partial charge in [-0.05, 0) is 18.2 Å². The van der Waals surface area contributed by atoms with Crippen LogP contribution in [-0.4, -0.2) is 5.88 Å². The van der Waals surface area contributed by atoms with E-state index in [0.717, 1.165) is 5.56 Å². The molecule has 0 fully saturated rings. The molecule has 0 bridgehead atoms. The summed E-state index contributed by atoms with van der Waals surface area (Å²) in [6, 6.07) is 5.20. The molecule has 68 valence electrons. The summed E-state index contributed by atoms with van der Waals surface area (Å²) in [5, 5.41) is 1.26. The van der Waals surface area contributed by atoms with E-state index in [1.54, 1.807) is 18.2 Å². The lowest BCUT2D eigenvalue weighted by molar-refractivity contribution is 1.29. The number of halogens is 3. The lowest BCUT2D eigenvalue weighted by Gasteiger charge is -1.95. The van der Waals surface area contributed by atoms with E-state index in [-0.39, 0.29) is 0 Å². The predicted molar refractivity (Wildman–Crippen MR) is 58.7 cm³/mol. The Labute approximate surface area is 92.8 Å². The van der Waals surface area contributed by atoms with Gasteiger partial charge < -0.3 is 0 Å². The van der Waals surface area contributed by atoms with Crippen LogP contribution in [-0.2, 0) is 0 Å². The number of hydrogen-bond donors (Lipinski definition) is 0. The molecule has 0 radical (unpaired) electrons. The van der Waals surface area contributed by atoms with E-state index >= 15 is 0 Å². The van der Waals surface area contributed by atoms with Crippen molar-refractivity contribution in [3.63, 3.8) is 0 Å². The highest BCUT2D eigenvalue weighted by Gasteiger charge is 1.96. The Hall–Kier alpha value is -0.350. The van der Waals surface area contributed by atoms with Gasteiger partial charge in [0.05, 0.1) is 5.02 Å². The summed E-state index contributed by atoms with van der Waals surface area (Å²) in [5.74, 6) is 6.33. The third kappa shape index (κ3) is 3.48. The van der Waals surface area contributed by atoms with Gasteiger partial charge in [0.15, 0.2) is 0 Å². The summed E-state index contributed by atoms with van der Waals surface area (Å²) < 4.78 is 0. The van der Waals surface area contributed by atoms with Gasteiger partial charge in [-0.2, -0.15) is 0 Å². The fourth-order valence-electron chi connectivity index (χ4n) is 0.798. The lowest BCUT2D eigenvalue weighted by Crippen LogP contribution is -1.77. The highest BCUT2D eigenvalue weighted by Crippen LogP contribution is 2.19. The van der Waals surface area contributed by atoms with Crippen molar-refractivity contribution in [1.29, 1.82) is 0 Å². The van der Waals surface area contributed by atoms with Crippen LogP contribution < -0.4 is 0 Å². The Balaban J connectivity index is 2.89. The van der Waals surface area contributed by atoms with Crippen LogP contribution in [0, 0.1) is 11.8 Å². The minimum Gasteiger partial charge on any atom is -0.126 e. The molecule has 0 amide bonds. The molecule has 1 rings (SSSR count). The van der Waals surface area contributed by atoms with Gasteiger partial charge >= 0.3 is 0 Å². The summed E-state index contributed by atoms with van der Waals surface area (Å²) in [6.45, 7) is 0. The van der Waals surface area contributed by atoms with Crippen LogP contribution in [0.2, 0.25) is 10.0 Å². The summed E-state index contributed by atoms with van der Waals surface area (Å²) in [5.41, 5.74) is 0.749. The average molecular weight is 234 g/mol. The molecule has 0 heterocycles. The maximum absolute atomic E-state index is 5.88. The summed E-state index contributed by atoms with van der Waals surface area (Å²) in [4.78, 5) is 0. The molecule has 1 aromatic rings. The van der Waals surface area contributed by atoms with Crippen LogP contribution in [0.15, 0.2) is 18.2 Å². The first-order valence-corrected chi connectivity index (χ1v) is 5.03. The van der Waals surface area contributed by atoms with Crippen molar-refractivity contribution in [3.8, 4) is 11.8 Å². The van der Waals surface area contributed by atoms with Crippen LogP contribution in [0.5, 0.6) is 0 Å². The van der Waals surface area contributed by atoms with Crippen LogP contribution in [0.25, 0.3) is 0 Å². The third-order valence-electron chi connectivity index (χ3n) is 1.37. The van der Waals surface area contributed by atoms with E-state index in [1.807, 2.05) is 0 Å². The van der Waals surface area contributed by atoms with Gasteiger partial charge in [0.2, 0.25) is 0 Å². The highest BCUT2D eigenvalue weighted by molar-refractivity contribution is 6.33. The highest BCUT2D eigenvalue weighted by atomic mass is 35.5. The standard InChI is InChI=1S/C10H7Cl3/c11-6-2-1-3-8-7-9(12)4-5-10(8)13/h4-5,7H,2,6H2. The second-order valence-corrected chi connectivity index (χ2v) is 3.59. The molecule has 0 nitrogen and oxygen atoms in total. The fraction of sp³-hybridized carbons (Fsp3) is 0.200. The van der Waals surface area contributed by atoms with Crippen LogP contribution in [0.4, 0.5) is 0 Å². The van der Waals surface area contributed by atoms with Gasteiger partial charge in [-0.3, -0.25) is 0 Å². The number of alkyl halides is 1. The third-order valence-corrected chi connectivity index (χ3v) is 2.12. The number of rotatable bonds is 1. The van der Waals surface area contributed by atoms with Gasteiger partial charge in [0, 0.05) is 22.9 Å². The molecule has 0 N–H and O–H groups in total. The molecule has 0 aromatic heterocycles. The monoisotopic (exact) mass is 232 g/mol. The zero-order valence-corrected chi connectivity index (χ0v) is 9.05. The summed E-state index contributed by atoms with van der Waals surface area (Å²) in [7, 11) is 0.